The van der Waals surface area contributed by atoms with Gasteiger partial charge in [-0.2, -0.15) is 0 Å². The van der Waals surface area contributed by atoms with Gasteiger partial charge in [0.05, 0.1) is 0 Å². The number of allylic oxidation sites excluding steroid dienone is 2. The summed E-state index contributed by atoms with van der Waals surface area (Å²) in [4.78, 5) is 1.47. The van der Waals surface area contributed by atoms with E-state index in [9.17, 15) is 0 Å². The Hall–Kier alpha value is -0.560. The van der Waals surface area contributed by atoms with E-state index in [1.807, 2.05) is 11.3 Å². The highest BCUT2D eigenvalue weighted by Crippen LogP contribution is 2.40. The maximum atomic E-state index is 2.46. The fraction of sp³-hybridized carbons (Fsp3) is 0.571. The van der Waals surface area contributed by atoms with Gasteiger partial charge in [0.25, 0.3) is 0 Å². The molecule has 82 valence electrons. The topological polar surface area (TPSA) is 0 Å². The third kappa shape index (κ3) is 2.17. The standard InChI is InChI=1S/C14H20S/c1-10-11(2)15-9-13(10)12-5-7-14(3,4)8-6-12/h5,9H,6-8H2,1-4H3. The van der Waals surface area contributed by atoms with E-state index in [2.05, 4.69) is 39.2 Å². The summed E-state index contributed by atoms with van der Waals surface area (Å²) >= 11 is 1.88. The third-order valence-corrected chi connectivity index (χ3v) is 4.62. The third-order valence-electron chi connectivity index (χ3n) is 3.60. The molecule has 1 aromatic heterocycles. The second kappa shape index (κ2) is 3.79. The molecule has 15 heavy (non-hydrogen) atoms. The molecule has 0 fully saturated rings. The lowest BCUT2D eigenvalue weighted by molar-refractivity contribution is 0.335. The molecule has 1 aliphatic carbocycles. The first-order valence-electron chi connectivity index (χ1n) is 5.74. The summed E-state index contributed by atoms with van der Waals surface area (Å²) in [7, 11) is 0. The maximum absolute atomic E-state index is 2.46. The van der Waals surface area contributed by atoms with E-state index < -0.39 is 0 Å². The molecule has 0 aliphatic heterocycles. The van der Waals surface area contributed by atoms with Crippen LogP contribution >= 0.6 is 11.3 Å². The van der Waals surface area contributed by atoms with Crippen LogP contribution in [0.3, 0.4) is 0 Å². The van der Waals surface area contributed by atoms with E-state index in [4.69, 9.17) is 0 Å². The molecule has 0 atom stereocenters. The molecule has 0 aromatic carbocycles. The summed E-state index contributed by atoms with van der Waals surface area (Å²) in [5, 5.41) is 2.33. The molecule has 1 heteroatoms. The first-order chi connectivity index (χ1) is 6.99. The van der Waals surface area contributed by atoms with Crippen LogP contribution in [0.15, 0.2) is 11.5 Å². The Morgan fingerprint density at radius 2 is 2.00 bits per heavy atom. The largest absolute Gasteiger partial charge is 0.148 e. The van der Waals surface area contributed by atoms with Gasteiger partial charge in [0.15, 0.2) is 0 Å². The van der Waals surface area contributed by atoms with Crippen molar-refractivity contribution in [2.75, 3.05) is 0 Å². The number of hydrogen-bond acceptors (Lipinski definition) is 1. The molecule has 0 bridgehead atoms. The lowest BCUT2D eigenvalue weighted by Crippen LogP contribution is -2.14. The van der Waals surface area contributed by atoms with E-state index in [-0.39, 0.29) is 0 Å². The Labute approximate surface area is 97.0 Å². The number of hydrogen-bond donors (Lipinski definition) is 0. The van der Waals surface area contributed by atoms with Crippen LogP contribution in [-0.4, -0.2) is 0 Å². The number of thiophene rings is 1. The fourth-order valence-corrected chi connectivity index (χ4v) is 3.06. The zero-order valence-corrected chi connectivity index (χ0v) is 11.0. The molecule has 2 rings (SSSR count). The van der Waals surface area contributed by atoms with E-state index >= 15 is 0 Å². The summed E-state index contributed by atoms with van der Waals surface area (Å²) in [5.41, 5.74) is 5.10. The van der Waals surface area contributed by atoms with Crippen LogP contribution in [0.2, 0.25) is 0 Å². The Balaban J connectivity index is 2.27. The highest BCUT2D eigenvalue weighted by atomic mass is 32.1. The first kappa shape index (κ1) is 10.9. The normalized spacial score (nSPS) is 20.1. The average Bonchev–Trinajstić information content (AvgIpc) is 2.49. The molecule has 0 saturated heterocycles. The van der Waals surface area contributed by atoms with Crippen molar-refractivity contribution in [2.24, 2.45) is 5.41 Å². The van der Waals surface area contributed by atoms with Crippen molar-refractivity contribution in [1.82, 2.24) is 0 Å². The Morgan fingerprint density at radius 1 is 1.27 bits per heavy atom. The van der Waals surface area contributed by atoms with Crippen LogP contribution in [0.25, 0.3) is 5.57 Å². The van der Waals surface area contributed by atoms with Gasteiger partial charge in [0.1, 0.15) is 0 Å². The van der Waals surface area contributed by atoms with Gasteiger partial charge in [-0.1, -0.05) is 19.9 Å². The van der Waals surface area contributed by atoms with E-state index in [0.717, 1.165) is 0 Å². The highest BCUT2D eigenvalue weighted by molar-refractivity contribution is 7.10. The van der Waals surface area contributed by atoms with Gasteiger partial charge in [-0.3, -0.25) is 0 Å². The molecule has 0 radical (unpaired) electrons. The molecule has 1 aromatic rings. The monoisotopic (exact) mass is 220 g/mol. The lowest BCUT2D eigenvalue weighted by Gasteiger charge is -2.28. The lowest BCUT2D eigenvalue weighted by atomic mass is 9.77. The van der Waals surface area contributed by atoms with Gasteiger partial charge >= 0.3 is 0 Å². The smallest absolute Gasteiger partial charge is 0.00496 e. The van der Waals surface area contributed by atoms with Crippen molar-refractivity contribution in [3.63, 3.8) is 0 Å². The molecule has 0 nitrogen and oxygen atoms in total. The summed E-state index contributed by atoms with van der Waals surface area (Å²) < 4.78 is 0. The van der Waals surface area contributed by atoms with Crippen molar-refractivity contribution in [2.45, 2.75) is 47.0 Å². The summed E-state index contributed by atoms with van der Waals surface area (Å²) in [6.45, 7) is 9.20. The van der Waals surface area contributed by atoms with Gasteiger partial charge in [-0.05, 0) is 60.6 Å². The van der Waals surface area contributed by atoms with Crippen molar-refractivity contribution in [1.29, 1.82) is 0 Å². The molecule has 0 saturated carbocycles. The van der Waals surface area contributed by atoms with Crippen molar-refractivity contribution in [3.05, 3.63) is 27.5 Å². The van der Waals surface area contributed by atoms with E-state index in [1.54, 1.807) is 5.57 Å². The van der Waals surface area contributed by atoms with Crippen molar-refractivity contribution in [3.8, 4) is 0 Å². The summed E-state index contributed by atoms with van der Waals surface area (Å²) in [5.74, 6) is 0. The molecule has 0 N–H and O–H groups in total. The minimum atomic E-state index is 0.516. The Morgan fingerprint density at radius 3 is 2.47 bits per heavy atom. The van der Waals surface area contributed by atoms with Gasteiger partial charge < -0.3 is 0 Å². The fourth-order valence-electron chi connectivity index (χ4n) is 2.15. The SMILES string of the molecule is Cc1scc(C2=CCC(C)(C)CC2)c1C. The predicted molar refractivity (Wildman–Crippen MR) is 69.4 cm³/mol. The van der Waals surface area contributed by atoms with Gasteiger partial charge in [0, 0.05) is 4.88 Å². The second-order valence-electron chi connectivity index (χ2n) is 5.43. The van der Waals surface area contributed by atoms with Crippen LogP contribution in [-0.2, 0) is 0 Å². The average molecular weight is 220 g/mol. The predicted octanol–water partition coefficient (Wildman–Crippen LogP) is 4.96. The van der Waals surface area contributed by atoms with Gasteiger partial charge in [-0.25, -0.2) is 0 Å². The zero-order valence-electron chi connectivity index (χ0n) is 10.2. The van der Waals surface area contributed by atoms with Crippen LogP contribution in [0.5, 0.6) is 0 Å². The second-order valence-corrected chi connectivity index (χ2v) is 6.51. The maximum Gasteiger partial charge on any atom is 0.00496 e. The zero-order chi connectivity index (χ0) is 11.1. The molecule has 1 aliphatic rings. The van der Waals surface area contributed by atoms with E-state index in [0.29, 0.717) is 5.41 Å². The summed E-state index contributed by atoms with van der Waals surface area (Å²) in [6, 6.07) is 0. The molecule has 0 amide bonds. The number of rotatable bonds is 1. The minimum absolute atomic E-state index is 0.516. The van der Waals surface area contributed by atoms with Gasteiger partial charge in [0.2, 0.25) is 0 Å². The molecule has 0 spiro atoms. The first-order valence-corrected chi connectivity index (χ1v) is 6.62. The van der Waals surface area contributed by atoms with Crippen LogP contribution in [0.1, 0.15) is 49.1 Å². The number of aryl methyl sites for hydroxylation is 1. The summed E-state index contributed by atoms with van der Waals surface area (Å²) in [6.07, 6.45) is 6.27. The van der Waals surface area contributed by atoms with Crippen LogP contribution in [0.4, 0.5) is 0 Å². The molecule has 0 unspecified atom stereocenters. The Bertz CT molecular complexity index is 393. The quantitative estimate of drug-likeness (QED) is 0.627. The molecular formula is C14H20S. The van der Waals surface area contributed by atoms with Crippen molar-refractivity contribution < 1.29 is 0 Å². The van der Waals surface area contributed by atoms with Crippen LogP contribution in [0, 0.1) is 19.3 Å². The Kier molecular flexibility index (Phi) is 2.76. The van der Waals surface area contributed by atoms with Crippen molar-refractivity contribution >= 4 is 16.9 Å². The van der Waals surface area contributed by atoms with Gasteiger partial charge in [-0.15, -0.1) is 11.3 Å². The molecular weight excluding hydrogens is 200 g/mol. The minimum Gasteiger partial charge on any atom is -0.148 e. The highest BCUT2D eigenvalue weighted by Gasteiger charge is 2.22. The van der Waals surface area contributed by atoms with E-state index in [1.165, 1.54) is 35.3 Å². The van der Waals surface area contributed by atoms with Crippen LogP contribution < -0.4 is 0 Å². The molecule has 1 heterocycles.